The number of para-hydroxylation sites is 2. The van der Waals surface area contributed by atoms with E-state index in [1.165, 1.54) is 12.0 Å². The third kappa shape index (κ3) is 9.51. The van der Waals surface area contributed by atoms with Gasteiger partial charge in [0.05, 0.1) is 48.6 Å². The Bertz CT molecular complexity index is 850. The van der Waals surface area contributed by atoms with Gasteiger partial charge < -0.3 is 33.9 Å². The Kier molecular flexibility index (Phi) is 11.6. The van der Waals surface area contributed by atoms with Crippen LogP contribution in [0, 0.1) is 0 Å². The molecule has 0 heterocycles. The summed E-state index contributed by atoms with van der Waals surface area (Å²) < 4.78 is 20.1. The highest BCUT2D eigenvalue weighted by Gasteiger charge is 2.29. The van der Waals surface area contributed by atoms with Gasteiger partial charge in [0.2, 0.25) is 0 Å². The first-order valence-corrected chi connectivity index (χ1v) is 11.5. The highest BCUT2D eigenvalue weighted by molar-refractivity contribution is 7.93. The van der Waals surface area contributed by atoms with Crippen LogP contribution < -0.4 is 5.32 Å². The van der Waals surface area contributed by atoms with Crippen molar-refractivity contribution in [3.63, 3.8) is 0 Å². The van der Waals surface area contributed by atoms with Crippen LogP contribution in [0.15, 0.2) is 42.5 Å². The maximum absolute atomic E-state index is 12.3. The minimum atomic E-state index is -2.77. The summed E-state index contributed by atoms with van der Waals surface area (Å²) in [6.45, 7) is 0.506. The van der Waals surface area contributed by atoms with Gasteiger partial charge >= 0.3 is 11.9 Å². The summed E-state index contributed by atoms with van der Waals surface area (Å²) >= 11 is 13.6. The summed E-state index contributed by atoms with van der Waals surface area (Å²) in [7, 11) is 0. The number of hydrogen-bond acceptors (Lipinski definition) is 9. The Morgan fingerprint density at radius 3 is 2.38 bits per heavy atom. The summed E-state index contributed by atoms with van der Waals surface area (Å²) in [6, 6.07) is 12.0. The van der Waals surface area contributed by atoms with Gasteiger partial charge in [-0.25, -0.2) is 0 Å². The van der Waals surface area contributed by atoms with Gasteiger partial charge in [0.15, 0.2) is 0 Å². The Hall–Kier alpha value is -1.56. The molecule has 0 unspecified atom stereocenters. The number of rotatable bonds is 14. The van der Waals surface area contributed by atoms with Crippen molar-refractivity contribution in [1.29, 1.82) is 0 Å². The second kappa shape index (κ2) is 13.9. The second-order valence-corrected chi connectivity index (χ2v) is 7.81. The molecule has 0 radical (unpaired) electrons. The molecule has 0 bridgehead atoms. The lowest BCUT2D eigenvalue weighted by molar-refractivity contribution is -0.337. The van der Waals surface area contributed by atoms with Gasteiger partial charge in [0, 0.05) is 11.9 Å². The molecular formula is C21H25Cl2NO7S. The summed E-state index contributed by atoms with van der Waals surface area (Å²) in [4.78, 5) is 12.3. The van der Waals surface area contributed by atoms with Crippen LogP contribution in [-0.2, 0) is 29.6 Å². The fourth-order valence-electron chi connectivity index (χ4n) is 2.55. The fraction of sp³-hybridized carbons (Fsp3) is 0.381. The van der Waals surface area contributed by atoms with E-state index >= 15 is 0 Å². The minimum Gasteiger partial charge on any atom is -0.406 e. The van der Waals surface area contributed by atoms with Crippen molar-refractivity contribution in [2.24, 2.45) is 0 Å². The average Bonchev–Trinajstić information content (AvgIpc) is 2.73. The van der Waals surface area contributed by atoms with Crippen molar-refractivity contribution in [1.82, 2.24) is 0 Å². The van der Waals surface area contributed by atoms with Crippen LogP contribution in [0.25, 0.3) is 0 Å². The van der Waals surface area contributed by atoms with Crippen molar-refractivity contribution in [2.75, 3.05) is 44.6 Å². The lowest BCUT2D eigenvalue weighted by Crippen LogP contribution is -2.40. The SMILES string of the molecule is CSOCCOCCOCC(O)(O)OC(=O)Cc1ccccc1Nc1c(Cl)cccc1Cl. The van der Waals surface area contributed by atoms with Gasteiger partial charge in [-0.2, -0.15) is 0 Å². The highest BCUT2D eigenvalue weighted by Crippen LogP contribution is 2.33. The molecule has 11 heteroatoms. The van der Waals surface area contributed by atoms with Crippen molar-refractivity contribution in [3.8, 4) is 0 Å². The minimum absolute atomic E-state index is 0.0883. The quantitative estimate of drug-likeness (QED) is 0.153. The van der Waals surface area contributed by atoms with E-state index in [0.717, 1.165) is 0 Å². The molecule has 0 amide bonds. The van der Waals surface area contributed by atoms with Crippen molar-refractivity contribution < 1.29 is 33.4 Å². The maximum atomic E-state index is 12.3. The number of anilines is 2. The van der Waals surface area contributed by atoms with E-state index in [4.69, 9.17) is 41.6 Å². The van der Waals surface area contributed by atoms with Crippen molar-refractivity contribution >= 4 is 52.6 Å². The number of carbonyl (C=O) groups excluding carboxylic acids is 1. The molecule has 0 spiro atoms. The van der Waals surface area contributed by atoms with Gasteiger partial charge in [-0.3, -0.25) is 4.79 Å². The highest BCUT2D eigenvalue weighted by atomic mass is 35.5. The summed E-state index contributed by atoms with van der Waals surface area (Å²) in [6.07, 6.45) is 1.57. The van der Waals surface area contributed by atoms with Crippen LogP contribution in [0.2, 0.25) is 10.0 Å². The molecule has 0 saturated carbocycles. The number of ether oxygens (including phenoxy) is 3. The molecule has 2 aromatic carbocycles. The molecule has 0 aliphatic carbocycles. The van der Waals surface area contributed by atoms with Crippen LogP contribution in [0.4, 0.5) is 11.4 Å². The molecule has 3 N–H and O–H groups in total. The number of benzene rings is 2. The fourth-order valence-corrected chi connectivity index (χ4v) is 3.28. The third-order valence-corrected chi connectivity index (χ3v) is 4.98. The van der Waals surface area contributed by atoms with Gasteiger partial charge in [-0.1, -0.05) is 47.5 Å². The molecular weight excluding hydrogens is 481 g/mol. The summed E-state index contributed by atoms with van der Waals surface area (Å²) in [5, 5.41) is 23.7. The van der Waals surface area contributed by atoms with E-state index in [1.54, 1.807) is 48.7 Å². The molecule has 32 heavy (non-hydrogen) atoms. The van der Waals surface area contributed by atoms with Crippen molar-refractivity contribution in [3.05, 3.63) is 58.1 Å². The smallest absolute Gasteiger partial charge is 0.348 e. The monoisotopic (exact) mass is 505 g/mol. The first-order chi connectivity index (χ1) is 15.3. The number of carbonyl (C=O) groups is 1. The molecule has 176 valence electrons. The van der Waals surface area contributed by atoms with E-state index in [2.05, 4.69) is 5.32 Å². The number of esters is 1. The zero-order valence-electron chi connectivity index (χ0n) is 17.4. The molecule has 0 aliphatic rings. The topological polar surface area (TPSA) is 106 Å². The van der Waals surface area contributed by atoms with Gasteiger partial charge in [-0.15, -0.1) is 0 Å². The Balaban J connectivity index is 1.85. The molecule has 2 aromatic rings. The number of aliphatic hydroxyl groups is 2. The Morgan fingerprint density at radius 1 is 1.00 bits per heavy atom. The molecule has 0 atom stereocenters. The maximum Gasteiger partial charge on any atom is 0.348 e. The number of nitrogens with one attached hydrogen (secondary N) is 1. The first-order valence-electron chi connectivity index (χ1n) is 9.59. The summed E-state index contributed by atoms with van der Waals surface area (Å²) in [5.41, 5.74) is 1.61. The molecule has 2 rings (SSSR count). The number of halogens is 2. The zero-order valence-corrected chi connectivity index (χ0v) is 19.7. The Morgan fingerprint density at radius 2 is 1.66 bits per heavy atom. The third-order valence-electron chi connectivity index (χ3n) is 3.94. The molecule has 0 aromatic heterocycles. The first kappa shape index (κ1) is 26.7. The predicted octanol–water partition coefficient (Wildman–Crippen LogP) is 3.79. The van der Waals surface area contributed by atoms with E-state index in [0.29, 0.717) is 40.2 Å². The van der Waals surface area contributed by atoms with E-state index in [-0.39, 0.29) is 19.6 Å². The number of hydrogen-bond donors (Lipinski definition) is 3. The standard InChI is InChI=1S/C21H25Cl2NO7S/c1-32-30-12-11-28-9-10-29-14-21(26,27)31-19(25)13-15-5-2-3-8-18(15)24-20-16(22)6-4-7-17(20)23/h2-8,24,26-27H,9-14H2,1H3. The lowest BCUT2D eigenvalue weighted by Gasteiger charge is -2.22. The average molecular weight is 506 g/mol. The molecule has 8 nitrogen and oxygen atoms in total. The van der Waals surface area contributed by atoms with Crippen LogP contribution in [0.1, 0.15) is 5.56 Å². The zero-order chi connectivity index (χ0) is 23.4. The summed E-state index contributed by atoms with van der Waals surface area (Å²) in [5.74, 6) is -3.63. The largest absolute Gasteiger partial charge is 0.406 e. The van der Waals surface area contributed by atoms with E-state index < -0.39 is 18.5 Å². The van der Waals surface area contributed by atoms with E-state index in [9.17, 15) is 15.0 Å². The Labute approximate surface area is 200 Å². The van der Waals surface area contributed by atoms with Crippen LogP contribution in [0.5, 0.6) is 0 Å². The molecule has 0 saturated heterocycles. The van der Waals surface area contributed by atoms with Gasteiger partial charge in [0.1, 0.15) is 6.61 Å². The van der Waals surface area contributed by atoms with Gasteiger partial charge in [0.25, 0.3) is 0 Å². The van der Waals surface area contributed by atoms with E-state index in [1.807, 2.05) is 0 Å². The van der Waals surface area contributed by atoms with Crippen LogP contribution >= 0.6 is 35.2 Å². The van der Waals surface area contributed by atoms with Crippen molar-refractivity contribution in [2.45, 2.75) is 12.4 Å². The molecule has 0 aliphatic heterocycles. The normalized spacial score (nSPS) is 11.4. The second-order valence-electron chi connectivity index (χ2n) is 6.43. The van der Waals surface area contributed by atoms with Crippen LogP contribution in [0.3, 0.4) is 0 Å². The van der Waals surface area contributed by atoms with Crippen LogP contribution in [-0.4, -0.2) is 61.4 Å². The predicted molar refractivity (Wildman–Crippen MR) is 124 cm³/mol. The molecule has 0 fully saturated rings. The van der Waals surface area contributed by atoms with Gasteiger partial charge in [-0.05, 0) is 35.8 Å². The lowest BCUT2D eigenvalue weighted by atomic mass is 10.1.